The smallest absolute Gasteiger partial charge is 0.244 e. The SMILES string of the molecule is COc1cc(Br)c(S(=O)(=O)N2CC(C)C(N)C2)cc1OC.Cl. The summed E-state index contributed by atoms with van der Waals surface area (Å²) in [4.78, 5) is 0.154. The number of hydrogen-bond acceptors (Lipinski definition) is 5. The topological polar surface area (TPSA) is 81.9 Å². The van der Waals surface area contributed by atoms with Crippen molar-refractivity contribution < 1.29 is 17.9 Å². The molecule has 6 nitrogen and oxygen atoms in total. The molecule has 1 saturated heterocycles. The van der Waals surface area contributed by atoms with Crippen molar-refractivity contribution in [1.82, 2.24) is 4.31 Å². The maximum atomic E-state index is 12.8. The van der Waals surface area contributed by atoms with Gasteiger partial charge in [-0.05, 0) is 27.9 Å². The van der Waals surface area contributed by atoms with Gasteiger partial charge in [0.05, 0.1) is 14.2 Å². The number of methoxy groups -OCH3 is 2. The number of halogens is 2. The third-order valence-electron chi connectivity index (χ3n) is 3.69. The molecule has 9 heteroatoms. The molecule has 2 unspecified atom stereocenters. The Labute approximate surface area is 145 Å². The first kappa shape index (κ1) is 19.5. The molecule has 1 heterocycles. The number of benzene rings is 1. The van der Waals surface area contributed by atoms with Crippen LogP contribution in [0.25, 0.3) is 0 Å². The molecule has 0 aromatic heterocycles. The summed E-state index contributed by atoms with van der Waals surface area (Å²) in [7, 11) is -0.654. The van der Waals surface area contributed by atoms with Gasteiger partial charge in [-0.3, -0.25) is 0 Å². The molecule has 1 aliphatic heterocycles. The minimum Gasteiger partial charge on any atom is -0.493 e. The molecule has 1 fully saturated rings. The van der Waals surface area contributed by atoms with Crippen LogP contribution in [-0.4, -0.2) is 46.1 Å². The van der Waals surface area contributed by atoms with Gasteiger partial charge >= 0.3 is 0 Å². The second-order valence-electron chi connectivity index (χ2n) is 5.10. The van der Waals surface area contributed by atoms with Crippen LogP contribution in [0.4, 0.5) is 0 Å². The Kier molecular flexibility index (Phi) is 6.52. The standard InChI is InChI=1S/C13H19BrN2O4S.ClH/c1-8-6-16(7-10(8)15)21(17,18)13-5-12(20-3)11(19-2)4-9(13)14;/h4-5,8,10H,6-7,15H2,1-3H3;1H. The summed E-state index contributed by atoms with van der Waals surface area (Å²) < 4.78 is 37.7. The molecule has 1 aliphatic rings. The first-order valence-electron chi connectivity index (χ1n) is 6.48. The molecular formula is C13H20BrClN2O4S. The quantitative estimate of drug-likeness (QED) is 0.811. The molecule has 1 aromatic carbocycles. The number of rotatable bonds is 4. The molecule has 0 saturated carbocycles. The van der Waals surface area contributed by atoms with E-state index >= 15 is 0 Å². The van der Waals surface area contributed by atoms with E-state index in [9.17, 15) is 8.42 Å². The van der Waals surface area contributed by atoms with Gasteiger partial charge in [0.25, 0.3) is 0 Å². The molecule has 2 atom stereocenters. The minimum absolute atomic E-state index is 0. The van der Waals surface area contributed by atoms with Crippen LogP contribution in [-0.2, 0) is 10.0 Å². The summed E-state index contributed by atoms with van der Waals surface area (Å²) >= 11 is 3.29. The molecule has 1 aromatic rings. The lowest BCUT2D eigenvalue weighted by Crippen LogP contribution is -2.32. The zero-order valence-corrected chi connectivity index (χ0v) is 15.8. The normalized spacial score (nSPS) is 22.2. The summed E-state index contributed by atoms with van der Waals surface area (Å²) in [5.41, 5.74) is 5.92. The maximum absolute atomic E-state index is 12.8. The Balaban J connectivity index is 0.00000242. The fraction of sp³-hybridized carbons (Fsp3) is 0.538. The van der Waals surface area contributed by atoms with Gasteiger partial charge in [-0.2, -0.15) is 4.31 Å². The third kappa shape index (κ3) is 3.51. The van der Waals surface area contributed by atoms with E-state index in [0.29, 0.717) is 29.1 Å². The van der Waals surface area contributed by atoms with Crippen molar-refractivity contribution in [1.29, 1.82) is 0 Å². The predicted octanol–water partition coefficient (Wildman–Crippen LogP) is 1.86. The van der Waals surface area contributed by atoms with Crippen LogP contribution in [0.2, 0.25) is 0 Å². The van der Waals surface area contributed by atoms with Crippen molar-refractivity contribution in [2.75, 3.05) is 27.3 Å². The summed E-state index contributed by atoms with van der Waals surface area (Å²) in [6, 6.07) is 2.91. The lowest BCUT2D eigenvalue weighted by Gasteiger charge is -2.18. The lowest BCUT2D eigenvalue weighted by atomic mass is 10.1. The van der Waals surface area contributed by atoms with Crippen LogP contribution in [0.15, 0.2) is 21.5 Å². The van der Waals surface area contributed by atoms with Crippen molar-refractivity contribution in [3.8, 4) is 11.5 Å². The molecule has 2 N–H and O–H groups in total. The predicted molar refractivity (Wildman–Crippen MR) is 90.4 cm³/mol. The van der Waals surface area contributed by atoms with E-state index in [0.717, 1.165) is 0 Å². The molecule has 0 amide bonds. The third-order valence-corrected chi connectivity index (χ3v) is 6.48. The molecule has 0 spiro atoms. The highest BCUT2D eigenvalue weighted by Gasteiger charge is 2.36. The van der Waals surface area contributed by atoms with Gasteiger partial charge < -0.3 is 15.2 Å². The number of nitrogens with zero attached hydrogens (tertiary/aromatic N) is 1. The van der Waals surface area contributed by atoms with Crippen LogP contribution in [0, 0.1) is 5.92 Å². The first-order valence-corrected chi connectivity index (χ1v) is 8.71. The van der Waals surface area contributed by atoms with Crippen LogP contribution in [0.5, 0.6) is 11.5 Å². The van der Waals surface area contributed by atoms with E-state index in [4.69, 9.17) is 15.2 Å². The zero-order chi connectivity index (χ0) is 15.8. The number of nitrogens with two attached hydrogens (primary N) is 1. The summed E-state index contributed by atoms with van der Waals surface area (Å²) in [5, 5.41) is 0. The van der Waals surface area contributed by atoms with Gasteiger partial charge in [0.1, 0.15) is 4.90 Å². The van der Waals surface area contributed by atoms with Crippen LogP contribution in [0.3, 0.4) is 0 Å². The van der Waals surface area contributed by atoms with Crippen LogP contribution in [0.1, 0.15) is 6.92 Å². The number of hydrogen-bond donors (Lipinski definition) is 1. The van der Waals surface area contributed by atoms with Gasteiger partial charge in [0.15, 0.2) is 11.5 Å². The van der Waals surface area contributed by atoms with Crippen molar-refractivity contribution >= 4 is 38.4 Å². The highest BCUT2D eigenvalue weighted by atomic mass is 79.9. The molecule has 2 rings (SSSR count). The van der Waals surface area contributed by atoms with Gasteiger partial charge in [0.2, 0.25) is 10.0 Å². The fourth-order valence-electron chi connectivity index (χ4n) is 2.31. The first-order chi connectivity index (χ1) is 9.81. The van der Waals surface area contributed by atoms with Gasteiger partial charge in [-0.1, -0.05) is 6.92 Å². The summed E-state index contributed by atoms with van der Waals surface area (Å²) in [5.74, 6) is 0.976. The van der Waals surface area contributed by atoms with E-state index in [1.165, 1.54) is 24.6 Å². The van der Waals surface area contributed by atoms with Crippen molar-refractivity contribution in [3.05, 3.63) is 16.6 Å². The Morgan fingerprint density at radius 1 is 1.23 bits per heavy atom. The second-order valence-corrected chi connectivity index (χ2v) is 7.86. The highest BCUT2D eigenvalue weighted by molar-refractivity contribution is 9.10. The van der Waals surface area contributed by atoms with E-state index in [2.05, 4.69) is 15.9 Å². The lowest BCUT2D eigenvalue weighted by molar-refractivity contribution is 0.353. The van der Waals surface area contributed by atoms with E-state index < -0.39 is 10.0 Å². The average Bonchev–Trinajstić information content (AvgIpc) is 2.78. The summed E-state index contributed by atoms with van der Waals surface area (Å²) in [6.07, 6.45) is 0. The highest BCUT2D eigenvalue weighted by Crippen LogP contribution is 2.37. The maximum Gasteiger partial charge on any atom is 0.244 e. The van der Waals surface area contributed by atoms with Crippen molar-refractivity contribution in [2.45, 2.75) is 17.9 Å². The van der Waals surface area contributed by atoms with Crippen LogP contribution < -0.4 is 15.2 Å². The molecule has 0 radical (unpaired) electrons. The van der Waals surface area contributed by atoms with Gasteiger partial charge in [-0.15, -0.1) is 12.4 Å². The molecule has 22 heavy (non-hydrogen) atoms. The average molecular weight is 416 g/mol. The monoisotopic (exact) mass is 414 g/mol. The zero-order valence-electron chi connectivity index (χ0n) is 12.6. The second kappa shape index (κ2) is 7.35. The van der Waals surface area contributed by atoms with E-state index in [1.807, 2.05) is 6.92 Å². The summed E-state index contributed by atoms with van der Waals surface area (Å²) in [6.45, 7) is 2.69. The molecular weight excluding hydrogens is 396 g/mol. The van der Waals surface area contributed by atoms with Crippen molar-refractivity contribution in [2.24, 2.45) is 11.7 Å². The fourth-order valence-corrected chi connectivity index (χ4v) is 4.89. The van der Waals surface area contributed by atoms with E-state index in [-0.39, 0.29) is 29.3 Å². The molecule has 0 bridgehead atoms. The van der Waals surface area contributed by atoms with E-state index in [1.54, 1.807) is 6.07 Å². The minimum atomic E-state index is -3.62. The Hall–Kier alpha value is -0.540. The molecule has 0 aliphatic carbocycles. The Morgan fingerprint density at radius 3 is 2.23 bits per heavy atom. The Bertz CT molecular complexity index is 631. The van der Waals surface area contributed by atoms with Crippen LogP contribution >= 0.6 is 28.3 Å². The van der Waals surface area contributed by atoms with Crippen molar-refractivity contribution in [3.63, 3.8) is 0 Å². The number of sulfonamides is 1. The van der Waals surface area contributed by atoms with Gasteiger partial charge in [0, 0.05) is 29.7 Å². The Morgan fingerprint density at radius 2 is 1.77 bits per heavy atom. The number of ether oxygens (including phenoxy) is 2. The largest absolute Gasteiger partial charge is 0.493 e. The molecule has 126 valence electrons. The van der Waals surface area contributed by atoms with Gasteiger partial charge in [-0.25, -0.2) is 8.42 Å².